The molecule has 1 amide bonds. The topological polar surface area (TPSA) is 84.3 Å². The second-order valence-corrected chi connectivity index (χ2v) is 5.19. The van der Waals surface area contributed by atoms with Gasteiger partial charge in [-0.2, -0.15) is 0 Å². The Morgan fingerprint density at radius 2 is 2.15 bits per heavy atom. The summed E-state index contributed by atoms with van der Waals surface area (Å²) in [7, 11) is 0. The van der Waals surface area contributed by atoms with Crippen molar-refractivity contribution in [1.29, 1.82) is 0 Å². The summed E-state index contributed by atoms with van der Waals surface area (Å²) in [6.45, 7) is 2.44. The van der Waals surface area contributed by atoms with Gasteiger partial charge in [-0.3, -0.25) is 14.9 Å². The Morgan fingerprint density at radius 1 is 1.40 bits per heavy atom. The number of nitrogens with zero attached hydrogens (tertiary/aromatic N) is 1. The molecule has 0 radical (unpaired) electrons. The monoisotopic (exact) mass is 277 g/mol. The first kappa shape index (κ1) is 14.3. The quantitative estimate of drug-likeness (QED) is 0.455. The SMILES string of the molecule is Cc1cc(NCCCC(=O)NC2CC2)cc([N+](=O)[O-])c1. The maximum atomic E-state index is 11.5. The molecule has 0 heterocycles. The Bertz CT molecular complexity index is 512. The van der Waals surface area contributed by atoms with Crippen LogP contribution in [0.25, 0.3) is 0 Å². The van der Waals surface area contributed by atoms with Crippen LogP contribution in [0.1, 0.15) is 31.2 Å². The van der Waals surface area contributed by atoms with E-state index in [1.54, 1.807) is 0 Å². The molecule has 0 bridgehead atoms. The minimum Gasteiger partial charge on any atom is -0.385 e. The number of benzene rings is 1. The molecule has 0 spiro atoms. The highest BCUT2D eigenvalue weighted by atomic mass is 16.6. The molecule has 1 aromatic carbocycles. The Balaban J connectivity index is 1.75. The molecule has 20 heavy (non-hydrogen) atoms. The lowest BCUT2D eigenvalue weighted by Crippen LogP contribution is -2.25. The molecular weight excluding hydrogens is 258 g/mol. The van der Waals surface area contributed by atoms with Crippen LogP contribution in [0.3, 0.4) is 0 Å². The lowest BCUT2D eigenvalue weighted by atomic mass is 10.2. The molecule has 1 saturated carbocycles. The zero-order valence-corrected chi connectivity index (χ0v) is 11.5. The van der Waals surface area contributed by atoms with Crippen LogP contribution in [0.4, 0.5) is 11.4 Å². The van der Waals surface area contributed by atoms with Gasteiger partial charge in [0.05, 0.1) is 4.92 Å². The summed E-state index contributed by atoms with van der Waals surface area (Å²) in [5.74, 6) is 0.0875. The Hall–Kier alpha value is -2.11. The Kier molecular flexibility index (Phi) is 4.55. The minimum absolute atomic E-state index is 0.0824. The van der Waals surface area contributed by atoms with E-state index in [4.69, 9.17) is 0 Å². The summed E-state index contributed by atoms with van der Waals surface area (Å²) >= 11 is 0. The lowest BCUT2D eigenvalue weighted by molar-refractivity contribution is -0.384. The highest BCUT2D eigenvalue weighted by molar-refractivity contribution is 5.76. The number of nitro groups is 1. The lowest BCUT2D eigenvalue weighted by Gasteiger charge is -2.07. The molecule has 1 fully saturated rings. The third-order valence-corrected chi connectivity index (χ3v) is 3.13. The van der Waals surface area contributed by atoms with E-state index in [0.717, 1.165) is 24.1 Å². The molecule has 0 saturated heterocycles. The largest absolute Gasteiger partial charge is 0.385 e. The molecule has 6 nitrogen and oxygen atoms in total. The molecule has 1 aromatic rings. The summed E-state index contributed by atoms with van der Waals surface area (Å²) < 4.78 is 0. The molecule has 2 rings (SSSR count). The van der Waals surface area contributed by atoms with Crippen molar-refractivity contribution in [2.24, 2.45) is 0 Å². The number of hydrogen-bond acceptors (Lipinski definition) is 4. The van der Waals surface area contributed by atoms with E-state index in [9.17, 15) is 14.9 Å². The molecule has 108 valence electrons. The van der Waals surface area contributed by atoms with Gasteiger partial charge in [0.25, 0.3) is 5.69 Å². The zero-order valence-electron chi connectivity index (χ0n) is 11.5. The van der Waals surface area contributed by atoms with Gasteiger partial charge in [0.15, 0.2) is 0 Å². The van der Waals surface area contributed by atoms with Gasteiger partial charge in [-0.15, -0.1) is 0 Å². The smallest absolute Gasteiger partial charge is 0.271 e. The van der Waals surface area contributed by atoms with E-state index < -0.39 is 4.92 Å². The molecule has 0 unspecified atom stereocenters. The molecule has 1 aliphatic rings. The van der Waals surface area contributed by atoms with Gasteiger partial charge >= 0.3 is 0 Å². The summed E-state index contributed by atoms with van der Waals surface area (Å²) in [5.41, 5.74) is 1.64. The summed E-state index contributed by atoms with van der Waals surface area (Å²) in [4.78, 5) is 21.8. The van der Waals surface area contributed by atoms with Crippen molar-refractivity contribution in [3.8, 4) is 0 Å². The van der Waals surface area contributed by atoms with Gasteiger partial charge in [0.2, 0.25) is 5.91 Å². The Morgan fingerprint density at radius 3 is 2.80 bits per heavy atom. The third-order valence-electron chi connectivity index (χ3n) is 3.13. The molecule has 6 heteroatoms. The van der Waals surface area contributed by atoms with Gasteiger partial charge in [0, 0.05) is 36.8 Å². The number of carbonyl (C=O) groups excluding carboxylic acids is 1. The van der Waals surface area contributed by atoms with Gasteiger partial charge < -0.3 is 10.6 Å². The number of rotatable bonds is 7. The summed E-state index contributed by atoms with van der Waals surface area (Å²) in [5, 5.41) is 16.8. The average Bonchev–Trinajstić information content (AvgIpc) is 3.18. The van der Waals surface area contributed by atoms with E-state index in [1.165, 1.54) is 12.1 Å². The van der Waals surface area contributed by atoms with Crippen LogP contribution in [0.15, 0.2) is 18.2 Å². The first-order valence-corrected chi connectivity index (χ1v) is 6.84. The molecular formula is C14H19N3O3. The van der Waals surface area contributed by atoms with Crippen LogP contribution in [0.5, 0.6) is 0 Å². The van der Waals surface area contributed by atoms with Crippen LogP contribution < -0.4 is 10.6 Å². The van der Waals surface area contributed by atoms with E-state index in [-0.39, 0.29) is 11.6 Å². The van der Waals surface area contributed by atoms with E-state index in [2.05, 4.69) is 10.6 Å². The van der Waals surface area contributed by atoms with Gasteiger partial charge in [-0.1, -0.05) is 0 Å². The maximum absolute atomic E-state index is 11.5. The van der Waals surface area contributed by atoms with Gasteiger partial charge in [-0.25, -0.2) is 0 Å². The standard InChI is InChI=1S/C14H19N3O3/c1-10-7-12(9-13(8-10)17(19)20)15-6-2-3-14(18)16-11-4-5-11/h7-9,11,15H,2-6H2,1H3,(H,16,18). The number of amides is 1. The van der Waals surface area contributed by atoms with Crippen LogP contribution in [-0.2, 0) is 4.79 Å². The number of hydrogen-bond donors (Lipinski definition) is 2. The van der Waals surface area contributed by atoms with E-state index in [0.29, 0.717) is 25.4 Å². The number of nitrogens with one attached hydrogen (secondary N) is 2. The molecule has 2 N–H and O–H groups in total. The van der Waals surface area contributed by atoms with Gasteiger partial charge in [0.1, 0.15) is 0 Å². The van der Waals surface area contributed by atoms with Crippen LogP contribution in [0.2, 0.25) is 0 Å². The number of non-ortho nitro benzene ring substituents is 1. The van der Waals surface area contributed by atoms with Crippen molar-refractivity contribution in [3.63, 3.8) is 0 Å². The molecule has 0 aliphatic heterocycles. The fraction of sp³-hybridized carbons (Fsp3) is 0.500. The van der Waals surface area contributed by atoms with Crippen molar-refractivity contribution in [2.75, 3.05) is 11.9 Å². The Labute approximate surface area is 117 Å². The van der Waals surface area contributed by atoms with Gasteiger partial charge in [-0.05, 0) is 37.8 Å². The maximum Gasteiger partial charge on any atom is 0.271 e. The minimum atomic E-state index is -0.402. The average molecular weight is 277 g/mol. The molecule has 1 aliphatic carbocycles. The number of aryl methyl sites for hydroxylation is 1. The van der Waals surface area contributed by atoms with Crippen LogP contribution >= 0.6 is 0 Å². The number of carbonyl (C=O) groups is 1. The summed E-state index contributed by atoms with van der Waals surface area (Å²) in [6, 6.07) is 5.30. The van der Waals surface area contributed by atoms with Crippen molar-refractivity contribution >= 4 is 17.3 Å². The van der Waals surface area contributed by atoms with E-state index >= 15 is 0 Å². The predicted octanol–water partition coefficient (Wildman–Crippen LogP) is 2.37. The normalized spacial score (nSPS) is 13.8. The zero-order chi connectivity index (χ0) is 14.5. The second-order valence-electron chi connectivity index (χ2n) is 5.19. The number of anilines is 1. The van der Waals surface area contributed by atoms with Crippen molar-refractivity contribution in [1.82, 2.24) is 5.32 Å². The fourth-order valence-corrected chi connectivity index (χ4v) is 1.98. The van der Waals surface area contributed by atoms with Crippen molar-refractivity contribution < 1.29 is 9.72 Å². The third kappa shape index (κ3) is 4.53. The summed E-state index contributed by atoms with van der Waals surface area (Å²) in [6.07, 6.45) is 3.38. The van der Waals surface area contributed by atoms with E-state index in [1.807, 2.05) is 13.0 Å². The predicted molar refractivity (Wildman–Crippen MR) is 76.7 cm³/mol. The molecule has 0 atom stereocenters. The first-order chi connectivity index (χ1) is 9.54. The number of nitro benzene ring substituents is 1. The highest BCUT2D eigenvalue weighted by Gasteiger charge is 2.22. The highest BCUT2D eigenvalue weighted by Crippen LogP contribution is 2.20. The second kappa shape index (κ2) is 6.36. The molecule has 0 aromatic heterocycles. The fourth-order valence-electron chi connectivity index (χ4n) is 1.98. The first-order valence-electron chi connectivity index (χ1n) is 6.84. The van der Waals surface area contributed by atoms with Crippen molar-refractivity contribution in [3.05, 3.63) is 33.9 Å². The van der Waals surface area contributed by atoms with Crippen molar-refractivity contribution in [2.45, 2.75) is 38.6 Å². The van der Waals surface area contributed by atoms with Crippen LogP contribution in [0, 0.1) is 17.0 Å². The van der Waals surface area contributed by atoms with Crippen LogP contribution in [-0.4, -0.2) is 23.4 Å².